The first-order chi connectivity index (χ1) is 14.7. The van der Waals surface area contributed by atoms with Gasteiger partial charge in [0.15, 0.2) is 5.65 Å². The third-order valence-corrected chi connectivity index (χ3v) is 5.75. The Morgan fingerprint density at radius 2 is 1.57 bits per heavy atom. The molecule has 30 heavy (non-hydrogen) atoms. The molecule has 2 aliphatic heterocycles. The summed E-state index contributed by atoms with van der Waals surface area (Å²) in [6, 6.07) is 7.94. The highest BCUT2D eigenvalue weighted by atomic mass is 16.3. The average Bonchev–Trinajstić information content (AvgIpc) is 3.23. The van der Waals surface area contributed by atoms with Gasteiger partial charge in [-0.3, -0.25) is 0 Å². The second-order valence-corrected chi connectivity index (χ2v) is 7.90. The number of anilines is 3. The maximum absolute atomic E-state index is 9.21. The van der Waals surface area contributed by atoms with E-state index in [1.54, 1.807) is 16.9 Å². The lowest BCUT2D eigenvalue weighted by molar-refractivity contribution is 0.274. The summed E-state index contributed by atoms with van der Waals surface area (Å²) in [5.41, 5.74) is 8.36. The number of hydrogen-bond donors (Lipinski definition) is 2. The normalized spacial score (nSPS) is 17.0. The summed E-state index contributed by atoms with van der Waals surface area (Å²) in [5.74, 6) is 1.59. The summed E-state index contributed by atoms with van der Waals surface area (Å²) in [6.45, 7) is 4.42. The molecule has 8 heteroatoms. The number of aromatic nitrogens is 4. The molecule has 0 atom stereocenters. The summed E-state index contributed by atoms with van der Waals surface area (Å²) in [4.78, 5) is 12.9. The molecule has 2 aliphatic rings. The van der Waals surface area contributed by atoms with Crippen LogP contribution in [0, 0.1) is 0 Å². The summed E-state index contributed by atoms with van der Waals surface area (Å²) in [5, 5.41) is 13.8. The van der Waals surface area contributed by atoms with Crippen molar-refractivity contribution < 1.29 is 5.11 Å². The van der Waals surface area contributed by atoms with Crippen LogP contribution in [0.1, 0.15) is 44.2 Å². The maximum atomic E-state index is 9.21. The maximum Gasteiger partial charge on any atom is 0.154 e. The van der Waals surface area contributed by atoms with Crippen LogP contribution in [0.15, 0.2) is 36.7 Å². The molecule has 0 spiro atoms. The van der Waals surface area contributed by atoms with E-state index in [0.29, 0.717) is 5.82 Å². The highest BCUT2D eigenvalue weighted by Gasteiger charge is 2.14. The molecule has 5 heterocycles. The first kappa shape index (κ1) is 20.4. The van der Waals surface area contributed by atoms with Gasteiger partial charge in [-0.15, -0.1) is 5.10 Å². The van der Waals surface area contributed by atoms with Gasteiger partial charge in [-0.05, 0) is 56.7 Å². The van der Waals surface area contributed by atoms with E-state index < -0.39 is 0 Å². The molecule has 0 aliphatic carbocycles. The molecule has 0 radical (unpaired) electrons. The number of nitrogens with zero attached hydrogens (tertiary/aromatic N) is 6. The van der Waals surface area contributed by atoms with Crippen molar-refractivity contribution in [2.24, 2.45) is 0 Å². The average molecular weight is 410 g/mol. The number of nitrogen functional groups attached to an aromatic ring is 1. The van der Waals surface area contributed by atoms with E-state index in [1.807, 2.05) is 24.3 Å². The number of fused-ring (bicyclic) bond motifs is 1. The fourth-order valence-corrected chi connectivity index (χ4v) is 4.10. The van der Waals surface area contributed by atoms with E-state index in [1.165, 1.54) is 44.2 Å². The standard InChI is InChI=1S/C12H16N4O.C10H15N3/c17-9-10-8-13-11-4-5-12(14-16(10)11)15-6-2-1-3-7-15;11-10-8-9(4-5-12-10)13-6-2-1-3-7-13/h4-5,8,17H,1-3,6-7,9H2;4-5,8H,1-3,6-7H2,(H2,11,12). The number of hydrogen-bond acceptors (Lipinski definition) is 7. The molecule has 0 amide bonds. The molecule has 2 saturated heterocycles. The predicted octanol–water partition coefficient (Wildman–Crippen LogP) is 2.87. The Labute approximate surface area is 177 Å². The first-order valence-corrected chi connectivity index (χ1v) is 10.9. The highest BCUT2D eigenvalue weighted by molar-refractivity contribution is 5.52. The van der Waals surface area contributed by atoms with Crippen LogP contribution in [0.25, 0.3) is 5.65 Å². The minimum Gasteiger partial charge on any atom is -0.390 e. The minimum absolute atomic E-state index is 0.0301. The number of aliphatic hydroxyl groups excluding tert-OH is 1. The lowest BCUT2D eigenvalue weighted by atomic mass is 10.1. The van der Waals surface area contributed by atoms with E-state index >= 15 is 0 Å². The third-order valence-electron chi connectivity index (χ3n) is 5.75. The smallest absolute Gasteiger partial charge is 0.154 e. The van der Waals surface area contributed by atoms with Gasteiger partial charge < -0.3 is 20.6 Å². The molecule has 5 rings (SSSR count). The van der Waals surface area contributed by atoms with Crippen molar-refractivity contribution in [3.05, 3.63) is 42.4 Å². The van der Waals surface area contributed by atoms with E-state index in [4.69, 9.17) is 5.73 Å². The number of nitrogens with two attached hydrogens (primary N) is 1. The van der Waals surface area contributed by atoms with Crippen molar-refractivity contribution in [3.8, 4) is 0 Å². The Bertz CT molecular complexity index is 946. The van der Waals surface area contributed by atoms with Crippen LogP contribution in [0.3, 0.4) is 0 Å². The molecule has 3 aromatic rings. The largest absolute Gasteiger partial charge is 0.390 e. The Morgan fingerprint density at radius 3 is 2.23 bits per heavy atom. The Morgan fingerprint density at radius 1 is 0.867 bits per heavy atom. The van der Waals surface area contributed by atoms with Gasteiger partial charge in [0.1, 0.15) is 11.6 Å². The minimum atomic E-state index is -0.0301. The van der Waals surface area contributed by atoms with E-state index in [9.17, 15) is 5.11 Å². The second kappa shape index (κ2) is 9.75. The Kier molecular flexibility index (Phi) is 6.63. The second-order valence-electron chi connectivity index (χ2n) is 7.90. The van der Waals surface area contributed by atoms with Gasteiger partial charge in [0.25, 0.3) is 0 Å². The van der Waals surface area contributed by atoms with Gasteiger partial charge in [-0.1, -0.05) is 0 Å². The summed E-state index contributed by atoms with van der Waals surface area (Å²) in [7, 11) is 0. The number of piperidine rings is 2. The molecule has 8 nitrogen and oxygen atoms in total. The molecule has 160 valence electrons. The molecule has 0 unspecified atom stereocenters. The van der Waals surface area contributed by atoms with Crippen molar-refractivity contribution in [1.29, 1.82) is 0 Å². The quantitative estimate of drug-likeness (QED) is 0.687. The van der Waals surface area contributed by atoms with Crippen molar-refractivity contribution in [1.82, 2.24) is 19.6 Å². The van der Waals surface area contributed by atoms with Crippen LogP contribution in [-0.2, 0) is 6.61 Å². The molecule has 2 fully saturated rings. The molecular formula is C22H31N7O. The molecular weight excluding hydrogens is 378 g/mol. The SMILES string of the molecule is Nc1cc(N2CCCCC2)ccn1.OCc1cnc2ccc(N3CCCCC3)nn12. The van der Waals surface area contributed by atoms with Gasteiger partial charge in [0.05, 0.1) is 18.5 Å². The topological polar surface area (TPSA) is 95.8 Å². The molecule has 0 saturated carbocycles. The fraction of sp³-hybridized carbons (Fsp3) is 0.500. The lowest BCUT2D eigenvalue weighted by Gasteiger charge is -2.28. The lowest BCUT2D eigenvalue weighted by Crippen LogP contribution is -2.30. The van der Waals surface area contributed by atoms with Crippen molar-refractivity contribution in [3.63, 3.8) is 0 Å². The zero-order valence-corrected chi connectivity index (χ0v) is 17.5. The number of aliphatic hydroxyl groups is 1. The molecule has 0 bridgehead atoms. The van der Waals surface area contributed by atoms with Gasteiger partial charge in [-0.25, -0.2) is 14.5 Å². The van der Waals surface area contributed by atoms with E-state index in [-0.39, 0.29) is 6.61 Å². The van der Waals surface area contributed by atoms with Crippen molar-refractivity contribution in [2.75, 3.05) is 41.7 Å². The van der Waals surface area contributed by atoms with E-state index in [0.717, 1.165) is 43.3 Å². The summed E-state index contributed by atoms with van der Waals surface area (Å²) in [6.07, 6.45) is 11.2. The van der Waals surface area contributed by atoms with Gasteiger partial charge in [0, 0.05) is 44.1 Å². The van der Waals surface area contributed by atoms with E-state index in [2.05, 4.69) is 24.9 Å². The van der Waals surface area contributed by atoms with Crippen LogP contribution < -0.4 is 15.5 Å². The number of pyridine rings is 1. The summed E-state index contributed by atoms with van der Waals surface area (Å²) < 4.78 is 1.73. The number of rotatable bonds is 3. The van der Waals surface area contributed by atoms with Gasteiger partial charge >= 0.3 is 0 Å². The Hall–Kier alpha value is -2.87. The van der Waals surface area contributed by atoms with Crippen LogP contribution in [0.5, 0.6) is 0 Å². The number of imidazole rings is 1. The highest BCUT2D eigenvalue weighted by Crippen LogP contribution is 2.20. The van der Waals surface area contributed by atoms with Crippen molar-refractivity contribution in [2.45, 2.75) is 45.1 Å². The molecule has 3 aromatic heterocycles. The van der Waals surface area contributed by atoms with Crippen LogP contribution in [0.4, 0.5) is 17.3 Å². The fourth-order valence-electron chi connectivity index (χ4n) is 4.10. The Balaban J connectivity index is 0.000000151. The first-order valence-electron chi connectivity index (χ1n) is 10.9. The van der Waals surface area contributed by atoms with Crippen LogP contribution in [0.2, 0.25) is 0 Å². The molecule has 3 N–H and O–H groups in total. The van der Waals surface area contributed by atoms with Crippen molar-refractivity contribution >= 4 is 23.0 Å². The predicted molar refractivity (Wildman–Crippen MR) is 120 cm³/mol. The van der Waals surface area contributed by atoms with Gasteiger partial charge in [0.2, 0.25) is 0 Å². The zero-order chi connectivity index (χ0) is 20.8. The van der Waals surface area contributed by atoms with Crippen LogP contribution in [-0.4, -0.2) is 50.9 Å². The van der Waals surface area contributed by atoms with Gasteiger partial charge in [-0.2, -0.15) is 0 Å². The molecule has 0 aromatic carbocycles. The monoisotopic (exact) mass is 409 g/mol. The zero-order valence-electron chi connectivity index (χ0n) is 17.5. The van der Waals surface area contributed by atoms with Crippen LogP contribution >= 0.6 is 0 Å². The third kappa shape index (κ3) is 4.81. The summed E-state index contributed by atoms with van der Waals surface area (Å²) >= 11 is 0.